The second kappa shape index (κ2) is 9.74. The third-order valence-electron chi connectivity index (χ3n) is 4.79. The van der Waals surface area contributed by atoms with Crippen molar-refractivity contribution in [1.82, 2.24) is 10.2 Å². The maximum absolute atomic E-state index is 14.0. The standard InChI is InChI=1S/C19H29FN2O2/c1-15(19(23)21-17-9-4-3-5-10-17)22(12-13-24-2)14-16-8-6-7-11-18(16)20/h6-8,11,15,17H,3-5,9-10,12-14H2,1-2H3,(H,21,23). The molecule has 1 aliphatic rings. The molecule has 0 aromatic heterocycles. The zero-order valence-electron chi connectivity index (χ0n) is 14.8. The lowest BCUT2D eigenvalue weighted by molar-refractivity contribution is -0.127. The Bertz CT molecular complexity index is 518. The molecule has 0 aliphatic heterocycles. The van der Waals surface area contributed by atoms with Crippen molar-refractivity contribution in [2.75, 3.05) is 20.3 Å². The Morgan fingerprint density at radius 2 is 2.04 bits per heavy atom. The number of halogens is 1. The first-order valence-corrected chi connectivity index (χ1v) is 8.88. The van der Waals surface area contributed by atoms with E-state index in [1.165, 1.54) is 25.3 Å². The molecule has 1 atom stereocenters. The van der Waals surface area contributed by atoms with Crippen molar-refractivity contribution >= 4 is 5.91 Å². The fourth-order valence-corrected chi connectivity index (χ4v) is 3.20. The highest BCUT2D eigenvalue weighted by Crippen LogP contribution is 2.18. The molecule has 1 aliphatic carbocycles. The number of ether oxygens (including phenoxy) is 1. The third kappa shape index (κ3) is 5.56. The van der Waals surface area contributed by atoms with E-state index in [0.29, 0.717) is 25.3 Å². The van der Waals surface area contributed by atoms with Gasteiger partial charge in [-0.05, 0) is 25.8 Å². The predicted octanol–water partition coefficient (Wildman–Crippen LogP) is 3.11. The average Bonchev–Trinajstić information content (AvgIpc) is 2.60. The fourth-order valence-electron chi connectivity index (χ4n) is 3.20. The van der Waals surface area contributed by atoms with Crippen LogP contribution >= 0.6 is 0 Å². The summed E-state index contributed by atoms with van der Waals surface area (Å²) in [6.07, 6.45) is 5.74. The first-order valence-electron chi connectivity index (χ1n) is 8.88. The minimum Gasteiger partial charge on any atom is -0.383 e. The Labute approximate surface area is 144 Å². The maximum atomic E-state index is 14.0. The molecule has 1 amide bonds. The van der Waals surface area contributed by atoms with Gasteiger partial charge in [0.2, 0.25) is 5.91 Å². The molecular weight excluding hydrogens is 307 g/mol. The summed E-state index contributed by atoms with van der Waals surface area (Å²) in [5.41, 5.74) is 0.603. The smallest absolute Gasteiger partial charge is 0.237 e. The monoisotopic (exact) mass is 336 g/mol. The van der Waals surface area contributed by atoms with Crippen LogP contribution in [0.15, 0.2) is 24.3 Å². The molecule has 1 aromatic rings. The number of hydrogen-bond donors (Lipinski definition) is 1. The van der Waals surface area contributed by atoms with Crippen molar-refractivity contribution in [3.05, 3.63) is 35.6 Å². The zero-order chi connectivity index (χ0) is 17.4. The Kier molecular flexibility index (Phi) is 7.66. The first-order chi connectivity index (χ1) is 11.6. The summed E-state index contributed by atoms with van der Waals surface area (Å²) in [4.78, 5) is 14.6. The van der Waals surface area contributed by atoms with Gasteiger partial charge in [0.1, 0.15) is 5.82 Å². The summed E-state index contributed by atoms with van der Waals surface area (Å²) in [7, 11) is 1.63. The van der Waals surface area contributed by atoms with Crippen LogP contribution in [0.4, 0.5) is 4.39 Å². The Morgan fingerprint density at radius 1 is 1.33 bits per heavy atom. The molecule has 4 nitrogen and oxygen atoms in total. The number of amides is 1. The summed E-state index contributed by atoms with van der Waals surface area (Å²) in [5.74, 6) is -0.214. The lowest BCUT2D eigenvalue weighted by Crippen LogP contribution is -2.49. The second-order valence-electron chi connectivity index (χ2n) is 6.57. The van der Waals surface area contributed by atoms with E-state index in [1.54, 1.807) is 19.2 Å². The largest absolute Gasteiger partial charge is 0.383 e. The molecule has 1 saturated carbocycles. The van der Waals surface area contributed by atoms with E-state index in [2.05, 4.69) is 5.32 Å². The SMILES string of the molecule is COCCN(Cc1ccccc1F)C(C)C(=O)NC1CCCCC1. The van der Waals surface area contributed by atoms with Gasteiger partial charge in [-0.1, -0.05) is 37.5 Å². The Hall–Kier alpha value is -1.46. The average molecular weight is 336 g/mol. The van der Waals surface area contributed by atoms with Gasteiger partial charge in [-0.3, -0.25) is 9.69 Å². The molecule has 1 aromatic carbocycles. The molecular formula is C19H29FN2O2. The lowest BCUT2D eigenvalue weighted by Gasteiger charge is -2.31. The highest BCUT2D eigenvalue weighted by molar-refractivity contribution is 5.81. The lowest BCUT2D eigenvalue weighted by atomic mass is 9.95. The molecule has 134 valence electrons. The molecule has 5 heteroatoms. The van der Waals surface area contributed by atoms with E-state index in [9.17, 15) is 9.18 Å². The summed E-state index contributed by atoms with van der Waals surface area (Å²) >= 11 is 0. The van der Waals surface area contributed by atoms with Gasteiger partial charge in [-0.25, -0.2) is 4.39 Å². The van der Waals surface area contributed by atoms with Crippen LogP contribution in [0.3, 0.4) is 0 Å². The number of nitrogens with one attached hydrogen (secondary N) is 1. The fraction of sp³-hybridized carbons (Fsp3) is 0.632. The molecule has 1 unspecified atom stereocenters. The Morgan fingerprint density at radius 3 is 2.71 bits per heavy atom. The van der Waals surface area contributed by atoms with Crippen LogP contribution in [0.5, 0.6) is 0 Å². The van der Waals surface area contributed by atoms with Crippen LogP contribution in [-0.2, 0) is 16.1 Å². The van der Waals surface area contributed by atoms with Crippen molar-refractivity contribution in [3.63, 3.8) is 0 Å². The van der Waals surface area contributed by atoms with Crippen LogP contribution in [0, 0.1) is 5.82 Å². The van der Waals surface area contributed by atoms with Gasteiger partial charge >= 0.3 is 0 Å². The number of carbonyl (C=O) groups excluding carboxylic acids is 1. The van der Waals surface area contributed by atoms with E-state index in [4.69, 9.17) is 4.74 Å². The van der Waals surface area contributed by atoms with Gasteiger partial charge < -0.3 is 10.1 Å². The van der Waals surface area contributed by atoms with Gasteiger partial charge in [-0.2, -0.15) is 0 Å². The van der Waals surface area contributed by atoms with Crippen LogP contribution in [0.25, 0.3) is 0 Å². The molecule has 1 fully saturated rings. The van der Waals surface area contributed by atoms with E-state index in [-0.39, 0.29) is 23.8 Å². The zero-order valence-corrected chi connectivity index (χ0v) is 14.8. The van der Waals surface area contributed by atoms with Gasteiger partial charge in [0.05, 0.1) is 12.6 Å². The van der Waals surface area contributed by atoms with Crippen molar-refractivity contribution in [2.24, 2.45) is 0 Å². The molecule has 0 bridgehead atoms. The minimum atomic E-state index is -0.318. The van der Waals surface area contributed by atoms with Gasteiger partial charge in [0.15, 0.2) is 0 Å². The van der Waals surface area contributed by atoms with Crippen LogP contribution in [0.1, 0.15) is 44.6 Å². The minimum absolute atomic E-state index is 0.0225. The van der Waals surface area contributed by atoms with Crippen molar-refractivity contribution in [1.29, 1.82) is 0 Å². The summed E-state index contributed by atoms with van der Waals surface area (Å²) < 4.78 is 19.1. The molecule has 0 saturated heterocycles. The van der Waals surface area contributed by atoms with Crippen molar-refractivity contribution in [2.45, 2.75) is 57.7 Å². The number of rotatable bonds is 8. The Balaban J connectivity index is 1.99. The van der Waals surface area contributed by atoms with Gasteiger partial charge in [0, 0.05) is 31.8 Å². The molecule has 0 spiro atoms. The molecule has 0 radical (unpaired) electrons. The van der Waals surface area contributed by atoms with Crippen LogP contribution in [0.2, 0.25) is 0 Å². The number of hydrogen-bond acceptors (Lipinski definition) is 3. The number of methoxy groups -OCH3 is 1. The first kappa shape index (κ1) is 18.9. The maximum Gasteiger partial charge on any atom is 0.237 e. The molecule has 1 N–H and O–H groups in total. The number of benzene rings is 1. The topological polar surface area (TPSA) is 41.6 Å². The predicted molar refractivity (Wildman–Crippen MR) is 93.2 cm³/mol. The van der Waals surface area contributed by atoms with Gasteiger partial charge in [0.25, 0.3) is 0 Å². The van der Waals surface area contributed by atoms with E-state index in [0.717, 1.165) is 12.8 Å². The summed E-state index contributed by atoms with van der Waals surface area (Å²) in [6.45, 7) is 3.38. The highest BCUT2D eigenvalue weighted by Gasteiger charge is 2.25. The van der Waals surface area contributed by atoms with Crippen LogP contribution < -0.4 is 5.32 Å². The van der Waals surface area contributed by atoms with Gasteiger partial charge in [-0.15, -0.1) is 0 Å². The van der Waals surface area contributed by atoms with Crippen LogP contribution in [-0.4, -0.2) is 43.2 Å². The third-order valence-corrected chi connectivity index (χ3v) is 4.79. The van der Waals surface area contributed by atoms with E-state index >= 15 is 0 Å². The highest BCUT2D eigenvalue weighted by atomic mass is 19.1. The molecule has 2 rings (SSSR count). The quantitative estimate of drug-likeness (QED) is 0.793. The normalized spacial score (nSPS) is 17.0. The summed E-state index contributed by atoms with van der Waals surface area (Å²) in [6, 6.07) is 6.68. The summed E-state index contributed by atoms with van der Waals surface area (Å²) in [5, 5.41) is 3.16. The second-order valence-corrected chi connectivity index (χ2v) is 6.57. The number of carbonyl (C=O) groups is 1. The van der Waals surface area contributed by atoms with E-state index < -0.39 is 0 Å². The molecule has 0 heterocycles. The van der Waals surface area contributed by atoms with Crippen molar-refractivity contribution in [3.8, 4) is 0 Å². The number of nitrogens with zero attached hydrogens (tertiary/aromatic N) is 1. The van der Waals surface area contributed by atoms with Crippen molar-refractivity contribution < 1.29 is 13.9 Å². The van der Waals surface area contributed by atoms with E-state index in [1.807, 2.05) is 17.9 Å². The molecule has 24 heavy (non-hydrogen) atoms.